The second-order valence-corrected chi connectivity index (χ2v) is 12.8. The van der Waals surface area contributed by atoms with Gasteiger partial charge in [0.1, 0.15) is 33.1 Å². The van der Waals surface area contributed by atoms with Gasteiger partial charge in [-0.15, -0.1) is 0 Å². The number of anilines is 3. The smallest absolute Gasteiger partial charge is 0.137 e. The zero-order chi connectivity index (χ0) is 34.2. The van der Waals surface area contributed by atoms with Crippen LogP contribution in [0.2, 0.25) is 0 Å². The number of hydrogen-bond acceptors (Lipinski definition) is 7. The third-order valence-corrected chi connectivity index (χ3v) is 9.61. The highest BCUT2D eigenvalue weighted by atomic mass is 15.5. The molecular weight excluding hydrogens is 633 g/mol. The minimum absolute atomic E-state index is 0.749. The van der Waals surface area contributed by atoms with E-state index in [0.29, 0.717) is 0 Å². The summed E-state index contributed by atoms with van der Waals surface area (Å²) in [5.41, 5.74) is 11.4. The van der Waals surface area contributed by atoms with Crippen molar-refractivity contribution in [1.29, 1.82) is 0 Å². The van der Waals surface area contributed by atoms with Gasteiger partial charge < -0.3 is 4.90 Å². The Labute approximate surface area is 291 Å². The van der Waals surface area contributed by atoms with Crippen molar-refractivity contribution in [2.75, 3.05) is 4.90 Å². The van der Waals surface area contributed by atoms with Gasteiger partial charge in [-0.3, -0.25) is 0 Å². The molecule has 0 saturated carbocycles. The minimum Gasteiger partial charge on any atom is -0.304 e. The summed E-state index contributed by atoms with van der Waals surface area (Å²) >= 11 is 0. The maximum Gasteiger partial charge on any atom is 0.137 e. The van der Waals surface area contributed by atoms with Crippen LogP contribution in [0.4, 0.5) is 17.1 Å². The lowest BCUT2D eigenvalue weighted by Gasteiger charge is -2.26. The fraction of sp³-hybridized carbons (Fsp3) is 0.0732. The van der Waals surface area contributed by atoms with Crippen LogP contribution < -0.4 is 4.90 Å². The second-order valence-electron chi connectivity index (χ2n) is 12.8. The zero-order valence-corrected chi connectivity index (χ0v) is 28.1. The fourth-order valence-electron chi connectivity index (χ4n) is 7.47. The van der Waals surface area contributed by atoms with Crippen LogP contribution in [0.25, 0.3) is 76.9 Å². The Morgan fingerprint density at radius 1 is 0.353 bits per heavy atom. The van der Waals surface area contributed by atoms with Gasteiger partial charge in [-0.2, -0.15) is 45.0 Å². The van der Waals surface area contributed by atoms with E-state index in [1.54, 1.807) is 14.4 Å². The standard InChI is InChI=1S/C41H30N10/c1-48-42-33-19-10-20-34(39(33)45-48)51(35-23-21-31(37-40(35)46-49(2)43-37)29-17-8-13-25-11-4-6-15-27(25)29)36-24-22-32(38-41(36)47-50(3)44-38)30-18-9-14-26-12-5-7-16-28(26)30/h4-24H,1-3H3. The molecule has 0 amide bonds. The Hall–Kier alpha value is -6.94. The van der Waals surface area contributed by atoms with Crippen LogP contribution in [0.3, 0.4) is 0 Å². The molecule has 0 bridgehead atoms. The SMILES string of the molecule is Cn1nc2cccc(N(c3ccc(-c4cccc5ccccc45)c4nn(C)nc34)c3ccc(-c4cccc5ccccc45)c4nn(C)nc34)c2n1. The quantitative estimate of drug-likeness (QED) is 0.182. The summed E-state index contributed by atoms with van der Waals surface area (Å²) in [5.74, 6) is 0. The zero-order valence-electron chi connectivity index (χ0n) is 28.1. The predicted octanol–water partition coefficient (Wildman–Crippen LogP) is 8.64. The van der Waals surface area contributed by atoms with Gasteiger partial charge in [0.2, 0.25) is 0 Å². The van der Waals surface area contributed by atoms with Gasteiger partial charge in [0.05, 0.1) is 17.1 Å². The molecule has 244 valence electrons. The first-order valence-electron chi connectivity index (χ1n) is 16.8. The predicted molar refractivity (Wildman–Crippen MR) is 203 cm³/mol. The Morgan fingerprint density at radius 3 is 1.35 bits per heavy atom. The van der Waals surface area contributed by atoms with Crippen LogP contribution in [0.15, 0.2) is 127 Å². The molecule has 0 saturated heterocycles. The Morgan fingerprint density at radius 2 is 0.784 bits per heavy atom. The van der Waals surface area contributed by atoms with Crippen molar-refractivity contribution in [3.05, 3.63) is 127 Å². The van der Waals surface area contributed by atoms with Gasteiger partial charge in [-0.25, -0.2) is 0 Å². The van der Waals surface area contributed by atoms with Crippen LogP contribution in [0, 0.1) is 0 Å². The van der Waals surface area contributed by atoms with Crippen LogP contribution >= 0.6 is 0 Å². The molecule has 0 fully saturated rings. The number of nitrogens with zero attached hydrogens (tertiary/aromatic N) is 10. The molecule has 3 heterocycles. The molecule has 10 heteroatoms. The van der Waals surface area contributed by atoms with E-state index in [0.717, 1.165) is 83.2 Å². The normalized spacial score (nSPS) is 11.8. The van der Waals surface area contributed by atoms with Gasteiger partial charge in [0, 0.05) is 32.3 Å². The van der Waals surface area contributed by atoms with Gasteiger partial charge in [0.25, 0.3) is 0 Å². The van der Waals surface area contributed by atoms with Crippen molar-refractivity contribution in [2.45, 2.75) is 0 Å². The van der Waals surface area contributed by atoms with E-state index in [1.807, 2.05) is 33.3 Å². The third-order valence-electron chi connectivity index (χ3n) is 9.61. The molecule has 10 aromatic rings. The lowest BCUT2D eigenvalue weighted by Crippen LogP contribution is -2.12. The molecule has 0 atom stereocenters. The molecule has 0 spiro atoms. The first kappa shape index (κ1) is 29.0. The summed E-state index contributed by atoms with van der Waals surface area (Å²) in [5, 5.41) is 34.1. The van der Waals surface area contributed by atoms with E-state index in [9.17, 15) is 0 Å². The van der Waals surface area contributed by atoms with Crippen LogP contribution in [0.5, 0.6) is 0 Å². The highest BCUT2D eigenvalue weighted by Crippen LogP contribution is 2.46. The van der Waals surface area contributed by atoms with Gasteiger partial charge in [-0.05, 0) is 69.1 Å². The maximum absolute atomic E-state index is 5.00. The molecule has 7 aromatic carbocycles. The Kier molecular flexibility index (Phi) is 6.28. The van der Waals surface area contributed by atoms with E-state index >= 15 is 0 Å². The van der Waals surface area contributed by atoms with E-state index in [1.165, 1.54) is 10.8 Å². The van der Waals surface area contributed by atoms with Crippen molar-refractivity contribution >= 4 is 71.7 Å². The van der Waals surface area contributed by atoms with E-state index in [-0.39, 0.29) is 0 Å². The lowest BCUT2D eigenvalue weighted by molar-refractivity contribution is 0.665. The molecule has 10 nitrogen and oxygen atoms in total. The van der Waals surface area contributed by atoms with Crippen LogP contribution in [-0.2, 0) is 21.1 Å². The molecule has 0 aliphatic carbocycles. The first-order chi connectivity index (χ1) is 25.0. The molecule has 0 unspecified atom stereocenters. The molecule has 0 aliphatic rings. The molecule has 51 heavy (non-hydrogen) atoms. The average molecular weight is 663 g/mol. The van der Waals surface area contributed by atoms with Crippen molar-refractivity contribution < 1.29 is 0 Å². The Balaban J connectivity index is 1.27. The number of fused-ring (bicyclic) bond motifs is 5. The third kappa shape index (κ3) is 4.50. The summed E-state index contributed by atoms with van der Waals surface area (Å²) < 4.78 is 0. The highest BCUT2D eigenvalue weighted by Gasteiger charge is 2.27. The van der Waals surface area contributed by atoms with E-state index in [4.69, 9.17) is 25.5 Å². The number of rotatable bonds is 5. The average Bonchev–Trinajstić information content (AvgIpc) is 3.86. The van der Waals surface area contributed by atoms with E-state index < -0.39 is 0 Å². The largest absolute Gasteiger partial charge is 0.304 e. The van der Waals surface area contributed by atoms with Crippen LogP contribution in [0.1, 0.15) is 0 Å². The van der Waals surface area contributed by atoms with E-state index in [2.05, 4.69) is 125 Å². The molecule has 0 N–H and O–H groups in total. The summed E-state index contributed by atoms with van der Waals surface area (Å²) in [6.07, 6.45) is 0. The molecule has 0 radical (unpaired) electrons. The number of aryl methyl sites for hydroxylation is 3. The topological polar surface area (TPSA) is 95.4 Å². The maximum atomic E-state index is 5.00. The second kappa shape index (κ2) is 11.0. The summed E-state index contributed by atoms with van der Waals surface area (Å²) in [7, 11) is 5.57. The van der Waals surface area contributed by atoms with Crippen molar-refractivity contribution in [3.8, 4) is 22.3 Å². The fourth-order valence-corrected chi connectivity index (χ4v) is 7.47. The molecule has 10 rings (SSSR count). The number of aromatic nitrogens is 9. The molecular formula is C41H30N10. The minimum atomic E-state index is 0.749. The molecule has 0 aliphatic heterocycles. The molecule has 3 aromatic heterocycles. The number of benzene rings is 7. The van der Waals surface area contributed by atoms with Crippen molar-refractivity contribution in [2.24, 2.45) is 21.1 Å². The summed E-state index contributed by atoms with van der Waals surface area (Å²) in [6, 6.07) is 44.3. The Bertz CT molecular complexity index is 2810. The van der Waals surface area contributed by atoms with Gasteiger partial charge >= 0.3 is 0 Å². The summed E-state index contributed by atoms with van der Waals surface area (Å²) in [4.78, 5) is 7.08. The van der Waals surface area contributed by atoms with Gasteiger partial charge in [0.15, 0.2) is 0 Å². The van der Waals surface area contributed by atoms with Crippen molar-refractivity contribution in [1.82, 2.24) is 45.0 Å². The monoisotopic (exact) mass is 662 g/mol. The van der Waals surface area contributed by atoms with Gasteiger partial charge in [-0.1, -0.05) is 91.0 Å². The lowest BCUT2D eigenvalue weighted by atomic mass is 9.96. The summed E-state index contributed by atoms with van der Waals surface area (Å²) in [6.45, 7) is 0. The van der Waals surface area contributed by atoms with Crippen molar-refractivity contribution in [3.63, 3.8) is 0 Å². The van der Waals surface area contributed by atoms with Crippen LogP contribution in [-0.4, -0.2) is 45.0 Å². The first-order valence-corrected chi connectivity index (χ1v) is 16.8. The highest BCUT2D eigenvalue weighted by molar-refractivity contribution is 6.12. The number of hydrogen-bond donors (Lipinski definition) is 0.